The van der Waals surface area contributed by atoms with Gasteiger partial charge in [0.1, 0.15) is 23.0 Å². The molecule has 0 aliphatic heterocycles. The van der Waals surface area contributed by atoms with E-state index in [0.717, 1.165) is 67.7 Å². The van der Waals surface area contributed by atoms with Crippen molar-refractivity contribution < 1.29 is 42.9 Å². The number of rotatable bonds is 18. The minimum Gasteiger partial charge on any atom is -0.494 e. The first-order valence-electron chi connectivity index (χ1n) is 22.2. The SMILES string of the molecule is C#CC#CC#CC#CN(/N=C/c1cc(OC(=O)C2CCC(C(=O)Oc3ccc(OCCCCCCOC(=O)C=C)cc3)CC2)ccc1OC(=O)C1CCC(C)CC1)c1nc2ccccc2s1. The van der Waals surface area contributed by atoms with E-state index in [-0.39, 0.29) is 35.3 Å². The fourth-order valence-electron chi connectivity index (χ4n) is 7.43. The molecular weight excluding hydrogens is 855 g/mol. The second kappa shape index (κ2) is 25.2. The molecule has 0 unspecified atom stereocenters. The summed E-state index contributed by atoms with van der Waals surface area (Å²) in [6, 6.07) is 22.2. The van der Waals surface area contributed by atoms with Crippen molar-refractivity contribution in [1.82, 2.24) is 4.98 Å². The van der Waals surface area contributed by atoms with Gasteiger partial charge in [-0.25, -0.2) is 9.78 Å². The summed E-state index contributed by atoms with van der Waals surface area (Å²) in [6.07, 6.45) is 16.5. The molecule has 0 spiro atoms. The lowest BCUT2D eigenvalue weighted by Crippen LogP contribution is -2.30. The van der Waals surface area contributed by atoms with Crippen molar-refractivity contribution in [2.75, 3.05) is 18.2 Å². The smallest absolute Gasteiger partial charge is 0.330 e. The molecule has 0 N–H and O–H groups in total. The van der Waals surface area contributed by atoms with E-state index >= 15 is 0 Å². The Morgan fingerprint density at radius 1 is 0.742 bits per heavy atom. The van der Waals surface area contributed by atoms with Gasteiger partial charge in [0.05, 0.1) is 53.4 Å². The highest BCUT2D eigenvalue weighted by Gasteiger charge is 2.33. The highest BCUT2D eigenvalue weighted by Crippen LogP contribution is 2.34. The number of aromatic nitrogens is 1. The predicted octanol–water partition coefficient (Wildman–Crippen LogP) is 9.46. The van der Waals surface area contributed by atoms with Crippen molar-refractivity contribution in [1.29, 1.82) is 0 Å². The lowest BCUT2D eigenvalue weighted by atomic mass is 9.82. The van der Waals surface area contributed by atoms with Gasteiger partial charge in [-0.2, -0.15) is 10.1 Å². The van der Waals surface area contributed by atoms with Gasteiger partial charge in [0.25, 0.3) is 0 Å². The number of carbonyl (C=O) groups is 4. The molecule has 3 aromatic carbocycles. The number of thiazole rings is 1. The first-order chi connectivity index (χ1) is 32.2. The van der Waals surface area contributed by atoms with Crippen LogP contribution in [0.25, 0.3) is 10.2 Å². The van der Waals surface area contributed by atoms with E-state index in [4.69, 9.17) is 35.1 Å². The van der Waals surface area contributed by atoms with Crippen LogP contribution in [0.15, 0.2) is 84.5 Å². The number of para-hydroxylation sites is 1. The van der Waals surface area contributed by atoms with Crippen molar-refractivity contribution in [3.8, 4) is 71.0 Å². The summed E-state index contributed by atoms with van der Waals surface area (Å²) >= 11 is 1.38. The number of benzene rings is 3. The maximum atomic E-state index is 13.6. The third kappa shape index (κ3) is 14.9. The molecule has 1 aromatic heterocycles. The zero-order valence-corrected chi connectivity index (χ0v) is 37.7. The lowest BCUT2D eigenvalue weighted by Gasteiger charge is -2.26. The standard InChI is InChI=1S/C53H51N3O9S/c1-4-6-7-8-9-14-33-56(53-55-46-17-12-13-18-48(46)66-53)54-37-42-36-45(31-32-47(42)65-52(60)39-21-19-38(3)20-22-39)64-51(59)41-25-23-40(24-26-41)50(58)63-44-29-27-43(28-30-44)61-34-15-10-11-16-35-62-49(57)5-2/h1,5,12-13,17-18,27-32,36-41H,2,10-11,15-16,19-26,34-35H2,3H3/b54-37+. The lowest BCUT2D eigenvalue weighted by molar-refractivity contribution is -0.145. The number of hydrazone groups is 1. The topological polar surface area (TPSA) is 143 Å². The molecule has 4 aromatic rings. The van der Waals surface area contributed by atoms with Crippen LogP contribution in [-0.2, 0) is 23.9 Å². The van der Waals surface area contributed by atoms with E-state index in [9.17, 15) is 19.2 Å². The Kier molecular flexibility index (Phi) is 18.4. The van der Waals surface area contributed by atoms with E-state index in [0.29, 0.717) is 67.0 Å². The molecule has 2 saturated carbocycles. The average molecular weight is 906 g/mol. The second-order valence-corrected chi connectivity index (χ2v) is 17.0. The van der Waals surface area contributed by atoms with Gasteiger partial charge in [-0.05, 0) is 155 Å². The van der Waals surface area contributed by atoms with Crippen LogP contribution in [0.2, 0.25) is 0 Å². The van der Waals surface area contributed by atoms with Crippen LogP contribution in [0.4, 0.5) is 5.13 Å². The minimum absolute atomic E-state index is 0.223. The molecule has 0 atom stereocenters. The van der Waals surface area contributed by atoms with Crippen molar-refractivity contribution in [2.24, 2.45) is 28.8 Å². The van der Waals surface area contributed by atoms with Gasteiger partial charge in [0.2, 0.25) is 5.13 Å². The van der Waals surface area contributed by atoms with Crippen molar-refractivity contribution in [2.45, 2.75) is 84.0 Å². The minimum atomic E-state index is -0.431. The number of unbranched alkanes of at least 4 members (excludes halogenated alkanes) is 3. The largest absolute Gasteiger partial charge is 0.494 e. The molecule has 13 heteroatoms. The van der Waals surface area contributed by atoms with Crippen LogP contribution in [0.5, 0.6) is 23.0 Å². The number of terminal acetylenes is 1. The van der Waals surface area contributed by atoms with Crippen LogP contribution in [0, 0.1) is 71.7 Å². The van der Waals surface area contributed by atoms with Gasteiger partial charge in [-0.1, -0.05) is 37.0 Å². The quantitative estimate of drug-likeness (QED) is 0.0138. The fraction of sp³-hybridized carbons (Fsp3) is 0.358. The Hall–Kier alpha value is -7.32. The van der Waals surface area contributed by atoms with Gasteiger partial charge < -0.3 is 23.7 Å². The maximum Gasteiger partial charge on any atom is 0.330 e. The monoisotopic (exact) mass is 905 g/mol. The third-order valence-electron chi connectivity index (χ3n) is 11.2. The number of nitrogens with zero attached hydrogens (tertiary/aromatic N) is 3. The normalized spacial score (nSPS) is 17.5. The fourth-order valence-corrected chi connectivity index (χ4v) is 8.31. The Bertz CT molecular complexity index is 2580. The molecule has 2 aliphatic rings. The highest BCUT2D eigenvalue weighted by atomic mass is 32.1. The summed E-state index contributed by atoms with van der Waals surface area (Å²) in [5.74, 6) is 14.7. The molecule has 1 heterocycles. The molecule has 0 radical (unpaired) electrons. The number of hydrogen-bond donors (Lipinski definition) is 0. The summed E-state index contributed by atoms with van der Waals surface area (Å²) in [5, 5.41) is 6.48. The van der Waals surface area contributed by atoms with Crippen molar-refractivity contribution in [3.63, 3.8) is 0 Å². The zero-order valence-electron chi connectivity index (χ0n) is 36.9. The summed E-state index contributed by atoms with van der Waals surface area (Å²) in [5.41, 5.74) is 1.14. The molecule has 338 valence electrons. The molecule has 2 aliphatic carbocycles. The van der Waals surface area contributed by atoms with E-state index in [2.05, 4.69) is 60.2 Å². The highest BCUT2D eigenvalue weighted by molar-refractivity contribution is 7.22. The van der Waals surface area contributed by atoms with Crippen LogP contribution in [0.3, 0.4) is 0 Å². The molecule has 2 fully saturated rings. The second-order valence-electron chi connectivity index (χ2n) is 16.0. The average Bonchev–Trinajstić information content (AvgIpc) is 3.77. The molecule has 0 saturated heterocycles. The molecule has 0 amide bonds. The van der Waals surface area contributed by atoms with Crippen LogP contribution in [-0.4, -0.2) is 48.3 Å². The van der Waals surface area contributed by atoms with E-state index < -0.39 is 17.9 Å². The van der Waals surface area contributed by atoms with E-state index in [1.165, 1.54) is 22.6 Å². The Morgan fingerprint density at radius 3 is 2.02 bits per heavy atom. The molecular formula is C53H51N3O9S. The maximum absolute atomic E-state index is 13.6. The summed E-state index contributed by atoms with van der Waals surface area (Å²) in [4.78, 5) is 55.9. The molecule has 0 bridgehead atoms. The zero-order chi connectivity index (χ0) is 46.5. The van der Waals surface area contributed by atoms with Crippen molar-refractivity contribution in [3.05, 3.63) is 84.9 Å². The van der Waals surface area contributed by atoms with Gasteiger partial charge >= 0.3 is 23.9 Å². The van der Waals surface area contributed by atoms with Gasteiger partial charge in [0, 0.05) is 29.4 Å². The summed E-state index contributed by atoms with van der Waals surface area (Å²) in [7, 11) is 0. The van der Waals surface area contributed by atoms with Crippen LogP contribution in [0.1, 0.15) is 89.5 Å². The van der Waals surface area contributed by atoms with Crippen molar-refractivity contribution >= 4 is 56.8 Å². The Balaban J connectivity index is 1.06. The Morgan fingerprint density at radius 2 is 1.33 bits per heavy atom. The number of esters is 4. The summed E-state index contributed by atoms with van der Waals surface area (Å²) in [6.45, 7) is 6.49. The predicted molar refractivity (Wildman–Crippen MR) is 253 cm³/mol. The molecule has 6 rings (SSSR count). The van der Waals surface area contributed by atoms with E-state index in [1.807, 2.05) is 24.3 Å². The molecule has 12 nitrogen and oxygen atoms in total. The first kappa shape index (κ1) is 48.1. The number of anilines is 1. The number of ether oxygens (including phenoxy) is 5. The Labute approximate surface area is 390 Å². The molecule has 66 heavy (non-hydrogen) atoms. The summed E-state index contributed by atoms with van der Waals surface area (Å²) < 4.78 is 29.3. The number of fused-ring (bicyclic) bond motifs is 1. The first-order valence-corrected chi connectivity index (χ1v) is 23.0. The van der Waals surface area contributed by atoms with Crippen LogP contribution < -0.4 is 24.0 Å². The third-order valence-corrected chi connectivity index (χ3v) is 12.2. The van der Waals surface area contributed by atoms with Gasteiger partial charge in [-0.3, -0.25) is 14.4 Å². The van der Waals surface area contributed by atoms with Gasteiger partial charge in [-0.15, -0.1) is 6.42 Å². The number of carbonyl (C=O) groups excluding carboxylic acids is 4. The van der Waals surface area contributed by atoms with Gasteiger partial charge in [0.15, 0.2) is 0 Å². The van der Waals surface area contributed by atoms with Crippen LogP contribution >= 0.6 is 11.3 Å². The number of hydrogen-bond acceptors (Lipinski definition) is 13. The van der Waals surface area contributed by atoms with E-state index in [1.54, 1.807) is 42.5 Å².